The molecule has 4 rings (SSSR count). The van der Waals surface area contributed by atoms with Crippen molar-refractivity contribution in [1.29, 1.82) is 0 Å². The predicted octanol–water partition coefficient (Wildman–Crippen LogP) is 5.58. The number of halogens is 2. The number of hydrogen-bond donors (Lipinski definition) is 0. The first-order valence-corrected chi connectivity index (χ1v) is 9.19. The Morgan fingerprint density at radius 3 is 2.53 bits per heavy atom. The molecular formula is C23H18F2N2O3. The molecule has 0 bridgehead atoms. The zero-order valence-electron chi connectivity index (χ0n) is 16.4. The van der Waals surface area contributed by atoms with Gasteiger partial charge in [0.1, 0.15) is 6.61 Å². The maximum absolute atomic E-state index is 13.4. The van der Waals surface area contributed by atoms with Gasteiger partial charge in [0.05, 0.1) is 7.11 Å². The minimum Gasteiger partial charge on any atom is -0.493 e. The van der Waals surface area contributed by atoms with Crippen LogP contribution in [-0.4, -0.2) is 17.3 Å². The van der Waals surface area contributed by atoms with Gasteiger partial charge >= 0.3 is 0 Å². The van der Waals surface area contributed by atoms with Crippen molar-refractivity contribution in [2.24, 2.45) is 0 Å². The zero-order chi connectivity index (χ0) is 21.1. The van der Waals surface area contributed by atoms with E-state index >= 15 is 0 Å². The first-order valence-electron chi connectivity index (χ1n) is 9.19. The van der Waals surface area contributed by atoms with Gasteiger partial charge < -0.3 is 14.0 Å². The largest absolute Gasteiger partial charge is 0.493 e. The molecule has 0 aliphatic rings. The molecule has 0 radical (unpaired) electrons. The number of hydrogen-bond acceptors (Lipinski definition) is 5. The number of nitrogens with zero attached hydrogens (tertiary/aromatic N) is 2. The van der Waals surface area contributed by atoms with Gasteiger partial charge in [-0.15, -0.1) is 0 Å². The van der Waals surface area contributed by atoms with E-state index in [2.05, 4.69) is 10.1 Å². The predicted molar refractivity (Wildman–Crippen MR) is 107 cm³/mol. The molecule has 30 heavy (non-hydrogen) atoms. The Hall–Kier alpha value is -3.74. The second kappa shape index (κ2) is 8.32. The normalized spacial score (nSPS) is 10.8. The van der Waals surface area contributed by atoms with Crippen molar-refractivity contribution in [3.63, 3.8) is 0 Å². The van der Waals surface area contributed by atoms with E-state index in [1.54, 1.807) is 18.2 Å². The van der Waals surface area contributed by atoms with Crippen LogP contribution in [0.15, 0.2) is 65.2 Å². The van der Waals surface area contributed by atoms with Gasteiger partial charge in [-0.2, -0.15) is 4.98 Å². The lowest BCUT2D eigenvalue weighted by atomic mass is 10.1. The Morgan fingerprint density at radius 2 is 1.77 bits per heavy atom. The van der Waals surface area contributed by atoms with Gasteiger partial charge in [-0.25, -0.2) is 8.78 Å². The van der Waals surface area contributed by atoms with Gasteiger partial charge in [-0.1, -0.05) is 28.9 Å². The second-order valence-electron chi connectivity index (χ2n) is 6.70. The average molecular weight is 408 g/mol. The number of ether oxygens (including phenoxy) is 2. The second-order valence-corrected chi connectivity index (χ2v) is 6.70. The maximum atomic E-state index is 13.4. The maximum Gasteiger partial charge on any atom is 0.258 e. The van der Waals surface area contributed by atoms with E-state index in [1.807, 2.05) is 31.2 Å². The van der Waals surface area contributed by atoms with Crippen LogP contribution in [0.25, 0.3) is 22.8 Å². The third kappa shape index (κ3) is 4.15. The Kier molecular flexibility index (Phi) is 5.43. The fourth-order valence-electron chi connectivity index (χ4n) is 2.95. The lowest BCUT2D eigenvalue weighted by Gasteiger charge is -2.11. The van der Waals surface area contributed by atoms with Crippen LogP contribution in [0.4, 0.5) is 8.78 Å². The molecule has 0 aliphatic carbocycles. The highest BCUT2D eigenvalue weighted by molar-refractivity contribution is 5.63. The van der Waals surface area contributed by atoms with Gasteiger partial charge in [-0.3, -0.25) is 0 Å². The summed E-state index contributed by atoms with van der Waals surface area (Å²) in [6, 6.07) is 16.6. The molecule has 152 valence electrons. The summed E-state index contributed by atoms with van der Waals surface area (Å²) in [5.74, 6) is -0.0700. The summed E-state index contributed by atoms with van der Waals surface area (Å²) >= 11 is 0. The number of aryl methyl sites for hydroxylation is 1. The molecule has 0 saturated heterocycles. The van der Waals surface area contributed by atoms with Crippen LogP contribution in [0.3, 0.4) is 0 Å². The van der Waals surface area contributed by atoms with Crippen LogP contribution in [0.5, 0.6) is 11.5 Å². The summed E-state index contributed by atoms with van der Waals surface area (Å²) in [5, 5.41) is 4.05. The van der Waals surface area contributed by atoms with Crippen molar-refractivity contribution in [3.8, 4) is 34.3 Å². The molecule has 7 heteroatoms. The van der Waals surface area contributed by atoms with Crippen LogP contribution in [0.1, 0.15) is 11.1 Å². The topological polar surface area (TPSA) is 57.4 Å². The van der Waals surface area contributed by atoms with Crippen LogP contribution >= 0.6 is 0 Å². The monoisotopic (exact) mass is 408 g/mol. The molecule has 0 atom stereocenters. The summed E-state index contributed by atoms with van der Waals surface area (Å²) in [6.07, 6.45) is 0. The number of rotatable bonds is 6. The van der Waals surface area contributed by atoms with Gasteiger partial charge in [-0.05, 0) is 55.0 Å². The number of aromatic nitrogens is 2. The molecule has 1 heterocycles. The van der Waals surface area contributed by atoms with Gasteiger partial charge in [0.15, 0.2) is 23.1 Å². The van der Waals surface area contributed by atoms with Crippen molar-refractivity contribution >= 4 is 0 Å². The molecule has 5 nitrogen and oxygen atoms in total. The molecule has 0 fully saturated rings. The fourth-order valence-corrected chi connectivity index (χ4v) is 2.95. The molecule has 0 amide bonds. The lowest BCUT2D eigenvalue weighted by Crippen LogP contribution is -1.99. The molecule has 3 aromatic carbocycles. The summed E-state index contributed by atoms with van der Waals surface area (Å²) in [6.45, 7) is 2.05. The standard InChI is InChI=1S/C23H18F2N2O3/c1-14-4-3-5-17(10-14)23-26-22(27-30-23)16-7-9-20(21(12-16)28-2)29-13-15-6-8-18(24)19(25)11-15/h3-12H,13H2,1-2H3. The third-order valence-corrected chi connectivity index (χ3v) is 4.49. The first kappa shape index (κ1) is 19.6. The van der Waals surface area contributed by atoms with E-state index in [9.17, 15) is 8.78 Å². The molecule has 1 aromatic heterocycles. The van der Waals surface area contributed by atoms with E-state index in [0.29, 0.717) is 34.3 Å². The van der Waals surface area contributed by atoms with E-state index in [0.717, 1.165) is 23.3 Å². The molecule has 0 N–H and O–H groups in total. The average Bonchev–Trinajstić information content (AvgIpc) is 3.25. The Labute approximate surface area is 171 Å². The smallest absolute Gasteiger partial charge is 0.258 e. The van der Waals surface area contributed by atoms with Crippen LogP contribution < -0.4 is 9.47 Å². The molecule has 4 aromatic rings. The minimum atomic E-state index is -0.917. The highest BCUT2D eigenvalue weighted by Gasteiger charge is 2.14. The SMILES string of the molecule is COc1cc(-c2noc(-c3cccc(C)c3)n2)ccc1OCc1ccc(F)c(F)c1. The van der Waals surface area contributed by atoms with E-state index in [1.165, 1.54) is 13.2 Å². The number of methoxy groups -OCH3 is 1. The highest BCUT2D eigenvalue weighted by Crippen LogP contribution is 2.33. The Morgan fingerprint density at radius 1 is 0.900 bits per heavy atom. The van der Waals surface area contributed by atoms with Crippen molar-refractivity contribution in [2.75, 3.05) is 7.11 Å². The van der Waals surface area contributed by atoms with E-state index in [-0.39, 0.29) is 6.61 Å². The van der Waals surface area contributed by atoms with Crippen molar-refractivity contribution in [1.82, 2.24) is 10.1 Å². The number of benzene rings is 3. The van der Waals surface area contributed by atoms with Gasteiger partial charge in [0, 0.05) is 11.1 Å². The summed E-state index contributed by atoms with van der Waals surface area (Å²) in [7, 11) is 1.51. The lowest BCUT2D eigenvalue weighted by molar-refractivity contribution is 0.284. The molecular weight excluding hydrogens is 390 g/mol. The summed E-state index contributed by atoms with van der Waals surface area (Å²) < 4.78 is 42.9. The van der Waals surface area contributed by atoms with E-state index < -0.39 is 11.6 Å². The highest BCUT2D eigenvalue weighted by atomic mass is 19.2. The summed E-state index contributed by atoms with van der Waals surface area (Å²) in [5.41, 5.74) is 3.12. The summed E-state index contributed by atoms with van der Waals surface area (Å²) in [4.78, 5) is 4.46. The van der Waals surface area contributed by atoms with Crippen molar-refractivity contribution < 1.29 is 22.8 Å². The molecule has 0 saturated carbocycles. The van der Waals surface area contributed by atoms with Crippen molar-refractivity contribution in [3.05, 3.63) is 83.4 Å². The third-order valence-electron chi connectivity index (χ3n) is 4.49. The van der Waals surface area contributed by atoms with Gasteiger partial charge in [0.25, 0.3) is 5.89 Å². The minimum absolute atomic E-state index is 0.0621. The molecule has 0 aliphatic heterocycles. The van der Waals surface area contributed by atoms with Crippen LogP contribution in [0, 0.1) is 18.6 Å². The molecule has 0 unspecified atom stereocenters. The Balaban J connectivity index is 1.54. The quantitative estimate of drug-likeness (QED) is 0.417. The zero-order valence-corrected chi connectivity index (χ0v) is 16.4. The van der Waals surface area contributed by atoms with Crippen LogP contribution in [0.2, 0.25) is 0 Å². The van der Waals surface area contributed by atoms with Crippen molar-refractivity contribution in [2.45, 2.75) is 13.5 Å². The first-order chi connectivity index (χ1) is 14.5. The fraction of sp³-hybridized carbons (Fsp3) is 0.130. The van der Waals surface area contributed by atoms with E-state index in [4.69, 9.17) is 14.0 Å². The van der Waals surface area contributed by atoms with Crippen LogP contribution in [-0.2, 0) is 6.61 Å². The van der Waals surface area contributed by atoms with Gasteiger partial charge in [0.2, 0.25) is 5.82 Å². The molecule has 0 spiro atoms. The Bertz CT molecular complexity index is 1190.